The second-order valence-electron chi connectivity index (χ2n) is 30.7. The number of hydroxylamine groups is 2. The van der Waals surface area contributed by atoms with Gasteiger partial charge >= 0.3 is 41.8 Å². The summed E-state index contributed by atoms with van der Waals surface area (Å²) in [5.41, 5.74) is -4.69. The molecule has 4 N–H and O–H groups in total. The molecule has 0 aromatic rings. The Hall–Kier alpha value is -4.82. The van der Waals surface area contributed by atoms with Crippen LogP contribution in [0.3, 0.4) is 0 Å². The summed E-state index contributed by atoms with van der Waals surface area (Å²) in [7, 11) is 11.0. The van der Waals surface area contributed by atoms with Gasteiger partial charge in [-0.1, -0.05) is 59.5 Å². The average Bonchev–Trinajstić information content (AvgIpc) is 1.36. The number of amides is 1. The van der Waals surface area contributed by atoms with Gasteiger partial charge in [-0.3, -0.25) is 38.4 Å². The van der Waals surface area contributed by atoms with Crippen LogP contribution in [0.25, 0.3) is 0 Å². The van der Waals surface area contributed by atoms with Crippen molar-refractivity contribution < 1.29 is 92.1 Å². The Kier molecular flexibility index (Phi) is 31.5. The number of carbonyl (C=O) groups excluding carboxylic acids is 7. The van der Waals surface area contributed by atoms with Crippen molar-refractivity contribution in [2.75, 3.05) is 14.2 Å². The molecule has 5 aliphatic carbocycles. The Balaban J connectivity index is 0.00000106. The Labute approximate surface area is 523 Å². The molecule has 0 aliphatic heterocycles. The summed E-state index contributed by atoms with van der Waals surface area (Å²) >= 11 is 0. The summed E-state index contributed by atoms with van der Waals surface area (Å²) in [5, 5.41) is 39.4. The molecule has 87 heavy (non-hydrogen) atoms. The lowest BCUT2D eigenvalue weighted by Gasteiger charge is -2.46. The third-order valence-electron chi connectivity index (χ3n) is 15.5. The Morgan fingerprint density at radius 3 is 0.989 bits per heavy atom. The van der Waals surface area contributed by atoms with Gasteiger partial charge in [0.25, 0.3) is 5.91 Å². The third-order valence-corrected chi connectivity index (χ3v) is 15.5. The monoisotopic (exact) mass is 1230 g/mol. The van der Waals surface area contributed by atoms with Gasteiger partial charge in [-0.2, -0.15) is 0 Å². The Morgan fingerprint density at radius 2 is 0.770 bits per heavy atom. The molecule has 496 valence electrons. The largest absolute Gasteiger partial charge is 0.481 e. The number of ether oxygens (including phenoxy) is 5. The molecule has 0 spiro atoms. The van der Waals surface area contributed by atoms with E-state index in [-0.39, 0.29) is 66.7 Å². The molecule has 5 fully saturated rings. The minimum Gasteiger partial charge on any atom is -0.481 e. The fourth-order valence-corrected chi connectivity index (χ4v) is 10.7. The molecular formula is C65H111B2NO19. The smallest absolute Gasteiger partial charge is 0.333 e. The molecule has 5 aliphatic rings. The Morgan fingerprint density at radius 1 is 0.483 bits per heavy atom. The van der Waals surface area contributed by atoms with Crippen LogP contribution in [-0.2, 0) is 71.7 Å². The van der Waals surface area contributed by atoms with Crippen molar-refractivity contribution in [3.05, 3.63) is 12.2 Å². The van der Waals surface area contributed by atoms with Gasteiger partial charge in [-0.25, -0.2) is 9.86 Å². The van der Waals surface area contributed by atoms with Gasteiger partial charge in [0.1, 0.15) is 34.3 Å². The van der Waals surface area contributed by atoms with E-state index >= 15 is 0 Å². The van der Waals surface area contributed by atoms with Crippen LogP contribution in [0.15, 0.2) is 12.2 Å². The maximum absolute atomic E-state index is 12.2. The lowest BCUT2D eigenvalue weighted by molar-refractivity contribution is -0.190. The predicted octanol–water partition coefficient (Wildman–Crippen LogP) is 10.8. The summed E-state index contributed by atoms with van der Waals surface area (Å²) in [6.07, 6.45) is 12.1. The minimum absolute atomic E-state index is 0.000394. The molecule has 0 bridgehead atoms. The van der Waals surface area contributed by atoms with E-state index in [0.717, 1.165) is 88.9 Å². The molecule has 0 heterocycles. The average molecular weight is 1230 g/mol. The predicted molar refractivity (Wildman–Crippen MR) is 332 cm³/mol. The Bertz CT molecular complexity index is 2290. The first-order valence-electron chi connectivity index (χ1n) is 30.5. The summed E-state index contributed by atoms with van der Waals surface area (Å²) in [6.45, 7) is 37.6. The van der Waals surface area contributed by atoms with E-state index in [9.17, 15) is 53.4 Å². The molecule has 0 saturated heterocycles. The SMILES string of the molecule is C=C(CC(C)(C)C)C(O)C1(CC(=O)OC(C)(C)C)CCC1.CC(C)(C)OC(=O)CC1(C(=O)O)CCC1.CC(C)(C)OC(=O)CC1(C(O)C(=O)O)CCC1.CC(C)(C)OC(=O)CC1(C=O)CCC1.CON(C)C(=O)C1(CC(=O)OC(C)(C)C)CCC1.[B][B]. The molecule has 4 radical (unpaired) electrons. The number of aliphatic carboxylic acids is 2. The molecule has 20 nitrogen and oxygen atoms in total. The van der Waals surface area contributed by atoms with Crippen molar-refractivity contribution >= 4 is 69.5 Å². The highest BCUT2D eigenvalue weighted by Crippen LogP contribution is 2.51. The van der Waals surface area contributed by atoms with E-state index in [2.05, 4.69) is 42.8 Å². The van der Waals surface area contributed by atoms with E-state index < -0.39 is 85.8 Å². The van der Waals surface area contributed by atoms with E-state index in [1.807, 2.05) is 62.3 Å². The standard InChI is InChI=1S/C18H32O3.C13H23NO4.C12H20O5.C11H18O4.C11H18O3.B2/c1-13(11-16(2,3)4)15(20)18(9-8-10-18)12-14(19)21-17(5,6)7;1-12(2,3)18-10(15)9-13(7-6-8-13)11(16)14(4)17-5;1-11(2,3)17-8(13)7-12(5-4-6-12)9(14)10(15)16;1-10(2,3)15-8(12)7-11(9(13)14)5-4-6-11;1-10(2,3)14-9(13)7-11(8-12)5-4-6-11;1-2/h15,20H,1,8-12H2,2-7H3;6-9H2,1-5H3;9,14H,4-7H2,1-3H3,(H,15,16);4-7H2,1-3H3,(H,13,14);8H,4-7H2,1-3H3;. The van der Waals surface area contributed by atoms with Crippen LogP contribution < -0.4 is 0 Å². The fraction of sp³-hybridized carbons (Fsp3) is 0.831. The number of rotatable bonds is 19. The summed E-state index contributed by atoms with van der Waals surface area (Å²) in [4.78, 5) is 108. The van der Waals surface area contributed by atoms with Gasteiger partial charge in [-0.05, 0) is 185 Å². The molecule has 5 rings (SSSR count). The van der Waals surface area contributed by atoms with Crippen LogP contribution in [0.2, 0.25) is 0 Å². The zero-order chi connectivity index (χ0) is 68.2. The van der Waals surface area contributed by atoms with Gasteiger partial charge < -0.3 is 48.9 Å². The highest BCUT2D eigenvalue weighted by Gasteiger charge is 2.51. The molecule has 0 aromatic heterocycles. The molecule has 5 saturated carbocycles. The number of esters is 5. The number of carboxylic acids is 2. The maximum atomic E-state index is 12.2. The van der Waals surface area contributed by atoms with Crippen LogP contribution >= 0.6 is 0 Å². The van der Waals surface area contributed by atoms with E-state index in [1.54, 1.807) is 48.6 Å². The topological polar surface area (TPSA) is 293 Å². The zero-order valence-electron chi connectivity index (χ0n) is 56.8. The van der Waals surface area contributed by atoms with Gasteiger partial charge in [0.15, 0.2) is 6.10 Å². The van der Waals surface area contributed by atoms with Crippen molar-refractivity contribution in [2.24, 2.45) is 32.5 Å². The fourth-order valence-electron chi connectivity index (χ4n) is 10.7. The van der Waals surface area contributed by atoms with Crippen LogP contribution in [0, 0.1) is 32.5 Å². The molecule has 0 aromatic carbocycles. The van der Waals surface area contributed by atoms with Crippen molar-refractivity contribution in [3.8, 4) is 0 Å². The minimum atomic E-state index is -1.48. The quantitative estimate of drug-likeness (QED) is 0.0233. The summed E-state index contributed by atoms with van der Waals surface area (Å²) in [5.74, 6) is -3.94. The van der Waals surface area contributed by atoms with Crippen molar-refractivity contribution in [3.63, 3.8) is 0 Å². The van der Waals surface area contributed by atoms with Gasteiger partial charge in [-0.15, -0.1) is 0 Å². The van der Waals surface area contributed by atoms with Gasteiger partial charge in [0, 0.05) is 38.8 Å². The highest BCUT2D eigenvalue weighted by molar-refractivity contribution is 6.75. The van der Waals surface area contributed by atoms with Gasteiger partial charge in [0.05, 0.1) is 56.1 Å². The van der Waals surface area contributed by atoms with Crippen molar-refractivity contribution in [1.82, 2.24) is 5.06 Å². The lowest BCUT2D eigenvalue weighted by Crippen LogP contribution is -2.48. The number of nitrogens with zero attached hydrogens (tertiary/aromatic N) is 1. The van der Waals surface area contributed by atoms with Crippen LogP contribution in [0.5, 0.6) is 0 Å². The molecule has 2 unspecified atom stereocenters. The molecule has 22 heteroatoms. The number of hydrogen-bond acceptors (Lipinski definition) is 17. The molecule has 1 amide bonds. The van der Waals surface area contributed by atoms with E-state index in [1.165, 1.54) is 12.2 Å². The summed E-state index contributed by atoms with van der Waals surface area (Å²) in [6, 6.07) is 0. The zero-order valence-corrected chi connectivity index (χ0v) is 56.8. The number of aldehydes is 1. The van der Waals surface area contributed by atoms with Crippen LogP contribution in [0.1, 0.15) is 259 Å². The van der Waals surface area contributed by atoms with Gasteiger partial charge in [0.2, 0.25) is 0 Å². The normalized spacial score (nSPS) is 18.9. The van der Waals surface area contributed by atoms with Crippen LogP contribution in [0.4, 0.5) is 0 Å². The molecular weight excluding hydrogens is 1120 g/mol. The van der Waals surface area contributed by atoms with Crippen LogP contribution in [-0.4, -0.2) is 149 Å². The first kappa shape index (κ1) is 82.2. The third kappa shape index (κ3) is 29.6. The van der Waals surface area contributed by atoms with Crippen molar-refractivity contribution in [2.45, 2.75) is 300 Å². The number of hydrogen-bond donors (Lipinski definition) is 4. The van der Waals surface area contributed by atoms with E-state index in [4.69, 9.17) is 38.7 Å². The highest BCUT2D eigenvalue weighted by atomic mass is 16.7. The molecule has 2 atom stereocenters. The second kappa shape index (κ2) is 33.3. The van der Waals surface area contributed by atoms with Crippen molar-refractivity contribution in [1.29, 1.82) is 0 Å². The first-order chi connectivity index (χ1) is 39.3. The number of aliphatic hydroxyl groups excluding tert-OH is 2. The first-order valence-corrected chi connectivity index (χ1v) is 30.5. The second-order valence-corrected chi connectivity index (χ2v) is 30.7. The maximum Gasteiger partial charge on any atom is 0.333 e. The lowest BCUT2D eigenvalue weighted by atomic mass is 9.61. The number of carbonyl (C=O) groups is 9. The number of aliphatic hydroxyl groups is 2. The summed E-state index contributed by atoms with van der Waals surface area (Å²) < 4.78 is 26.1. The number of carboxylic acid groups (broad SMARTS) is 2. The van der Waals surface area contributed by atoms with E-state index in [0.29, 0.717) is 25.7 Å².